The van der Waals surface area contributed by atoms with Gasteiger partial charge in [0.2, 0.25) is 0 Å². The summed E-state index contributed by atoms with van der Waals surface area (Å²) >= 11 is 0. The predicted molar refractivity (Wildman–Crippen MR) is 68.0 cm³/mol. The van der Waals surface area contributed by atoms with Gasteiger partial charge in [-0.15, -0.1) is 0 Å². The summed E-state index contributed by atoms with van der Waals surface area (Å²) < 4.78 is 5.70. The van der Waals surface area contributed by atoms with E-state index >= 15 is 0 Å². The van der Waals surface area contributed by atoms with Crippen molar-refractivity contribution in [2.45, 2.75) is 57.8 Å². The fourth-order valence-corrected chi connectivity index (χ4v) is 4.29. The van der Waals surface area contributed by atoms with Crippen molar-refractivity contribution in [2.75, 3.05) is 0 Å². The Labute approximate surface area is 108 Å². The lowest BCUT2D eigenvalue weighted by Gasteiger charge is -2.51. The van der Waals surface area contributed by atoms with Crippen LogP contribution in [0.25, 0.3) is 0 Å². The highest BCUT2D eigenvalue weighted by atomic mass is 16.6. The van der Waals surface area contributed by atoms with E-state index in [0.717, 1.165) is 18.4 Å². The van der Waals surface area contributed by atoms with Crippen molar-refractivity contribution in [3.8, 4) is 0 Å². The average molecular weight is 250 g/mol. The lowest BCUT2D eigenvalue weighted by atomic mass is 9.53. The molecule has 3 aliphatic rings. The molecule has 0 aromatic carbocycles. The van der Waals surface area contributed by atoms with Crippen molar-refractivity contribution >= 4 is 5.78 Å². The Balaban J connectivity index is 1.96. The van der Waals surface area contributed by atoms with Crippen LogP contribution in [-0.2, 0) is 9.53 Å². The highest BCUT2D eigenvalue weighted by molar-refractivity contribution is 5.89. The zero-order valence-corrected chi connectivity index (χ0v) is 11.4. The van der Waals surface area contributed by atoms with Crippen LogP contribution in [0.3, 0.4) is 0 Å². The number of Topliss-reactive ketones (excluding diaryl/α,β-unsaturated/α-hetero) is 1. The molecule has 0 amide bonds. The first-order chi connectivity index (χ1) is 8.29. The molecule has 3 heteroatoms. The van der Waals surface area contributed by atoms with Crippen LogP contribution in [0, 0.1) is 17.3 Å². The van der Waals surface area contributed by atoms with E-state index in [1.165, 1.54) is 0 Å². The molecule has 2 aliphatic carbocycles. The van der Waals surface area contributed by atoms with Crippen molar-refractivity contribution in [3.63, 3.8) is 0 Å². The number of aliphatic hydroxyl groups excluding tert-OH is 1. The van der Waals surface area contributed by atoms with Gasteiger partial charge in [-0.1, -0.05) is 19.1 Å². The molecule has 3 rings (SSSR count). The Morgan fingerprint density at radius 2 is 2.11 bits per heavy atom. The van der Waals surface area contributed by atoms with E-state index in [1.54, 1.807) is 0 Å². The Morgan fingerprint density at radius 1 is 1.44 bits per heavy atom. The van der Waals surface area contributed by atoms with Crippen LogP contribution in [0.2, 0.25) is 0 Å². The summed E-state index contributed by atoms with van der Waals surface area (Å²) in [6, 6.07) is 0. The number of aliphatic hydroxyl groups is 1. The highest BCUT2D eigenvalue weighted by Crippen LogP contribution is 2.62. The zero-order valence-electron chi connectivity index (χ0n) is 11.4. The van der Waals surface area contributed by atoms with E-state index in [4.69, 9.17) is 4.74 Å². The maximum Gasteiger partial charge on any atom is 0.165 e. The van der Waals surface area contributed by atoms with Crippen molar-refractivity contribution in [1.29, 1.82) is 0 Å². The van der Waals surface area contributed by atoms with Crippen LogP contribution in [0.1, 0.15) is 40.0 Å². The first kappa shape index (κ1) is 12.4. The quantitative estimate of drug-likeness (QED) is 0.572. The first-order valence-electron chi connectivity index (χ1n) is 6.83. The second-order valence-corrected chi connectivity index (χ2v) is 6.91. The molecule has 100 valence electrons. The standard InChI is InChI=1S/C15H22O3/c1-8(2)9-5-11-14(3,12(17)6-9)7-10(16)13-15(11,4)18-13/h9,11-13,17H,1,5-7H2,2-4H3/t9-,11+,12+,13+,14-,15-/m1/s1. The maximum atomic E-state index is 12.0. The lowest BCUT2D eigenvalue weighted by Crippen LogP contribution is -2.55. The summed E-state index contributed by atoms with van der Waals surface area (Å²) in [7, 11) is 0. The van der Waals surface area contributed by atoms with Gasteiger partial charge in [0.25, 0.3) is 0 Å². The molecule has 1 heterocycles. The van der Waals surface area contributed by atoms with Gasteiger partial charge in [0, 0.05) is 11.8 Å². The van der Waals surface area contributed by atoms with Gasteiger partial charge in [-0.3, -0.25) is 4.79 Å². The SMILES string of the molecule is C=C(C)[C@H]1C[C@H](O)[C@]2(C)CC(=O)[C@@H]3O[C@]3(C)[C@H]2C1. The van der Waals surface area contributed by atoms with Gasteiger partial charge in [0.05, 0.1) is 6.10 Å². The van der Waals surface area contributed by atoms with Gasteiger partial charge in [-0.05, 0) is 38.5 Å². The third kappa shape index (κ3) is 1.41. The Kier molecular flexibility index (Phi) is 2.37. The number of carbonyl (C=O) groups is 1. The number of hydrogen-bond acceptors (Lipinski definition) is 3. The molecule has 2 saturated carbocycles. The van der Waals surface area contributed by atoms with Gasteiger partial charge in [0.15, 0.2) is 5.78 Å². The number of carbonyl (C=O) groups excluding carboxylic acids is 1. The first-order valence-corrected chi connectivity index (χ1v) is 6.83. The van der Waals surface area contributed by atoms with E-state index in [0.29, 0.717) is 12.3 Å². The normalized spacial score (nSPS) is 54.6. The van der Waals surface area contributed by atoms with Gasteiger partial charge in [-0.25, -0.2) is 0 Å². The molecule has 0 spiro atoms. The fourth-order valence-electron chi connectivity index (χ4n) is 4.29. The molecule has 0 aromatic rings. The van der Waals surface area contributed by atoms with E-state index in [2.05, 4.69) is 13.5 Å². The Hall–Kier alpha value is -0.670. The van der Waals surface area contributed by atoms with E-state index in [9.17, 15) is 9.90 Å². The molecule has 3 fully saturated rings. The van der Waals surface area contributed by atoms with Crippen molar-refractivity contribution in [3.05, 3.63) is 12.2 Å². The summed E-state index contributed by atoms with van der Waals surface area (Å²) in [5.74, 6) is 0.787. The maximum absolute atomic E-state index is 12.0. The van der Waals surface area contributed by atoms with Crippen LogP contribution < -0.4 is 0 Å². The van der Waals surface area contributed by atoms with E-state index in [-0.39, 0.29) is 28.8 Å². The molecular weight excluding hydrogens is 228 g/mol. The topological polar surface area (TPSA) is 49.8 Å². The van der Waals surface area contributed by atoms with E-state index in [1.807, 2.05) is 13.8 Å². The number of allylic oxidation sites excluding steroid dienone is 1. The minimum atomic E-state index is -0.427. The molecular formula is C15H22O3. The molecule has 18 heavy (non-hydrogen) atoms. The van der Waals surface area contributed by atoms with Crippen LogP contribution in [0.5, 0.6) is 0 Å². The monoisotopic (exact) mass is 250 g/mol. The van der Waals surface area contributed by atoms with Gasteiger partial charge >= 0.3 is 0 Å². The second kappa shape index (κ2) is 3.45. The van der Waals surface area contributed by atoms with Crippen molar-refractivity contribution < 1.29 is 14.6 Å². The lowest BCUT2D eigenvalue weighted by molar-refractivity contribution is -0.135. The Bertz CT molecular complexity index is 429. The molecule has 3 nitrogen and oxygen atoms in total. The molecule has 0 bridgehead atoms. The number of fused-ring (bicyclic) bond motifs is 3. The van der Waals surface area contributed by atoms with Crippen LogP contribution in [0.15, 0.2) is 12.2 Å². The number of rotatable bonds is 1. The smallest absolute Gasteiger partial charge is 0.165 e. The summed E-state index contributed by atoms with van der Waals surface area (Å²) in [4.78, 5) is 12.0. The molecule has 1 saturated heterocycles. The Morgan fingerprint density at radius 3 is 2.72 bits per heavy atom. The minimum absolute atomic E-state index is 0.170. The molecule has 1 N–H and O–H groups in total. The largest absolute Gasteiger partial charge is 0.393 e. The van der Waals surface area contributed by atoms with Crippen molar-refractivity contribution in [1.82, 2.24) is 0 Å². The summed E-state index contributed by atoms with van der Waals surface area (Å²) in [5, 5.41) is 10.5. The molecule has 0 aromatic heterocycles. The second-order valence-electron chi connectivity index (χ2n) is 6.91. The summed E-state index contributed by atoms with van der Waals surface area (Å²) in [5.41, 5.74) is 0.484. The number of ketones is 1. The third-order valence-electron chi connectivity index (χ3n) is 5.66. The number of ether oxygens (including phenoxy) is 1. The zero-order chi connectivity index (χ0) is 13.3. The highest BCUT2D eigenvalue weighted by Gasteiger charge is 2.71. The van der Waals surface area contributed by atoms with Crippen LogP contribution in [0.4, 0.5) is 0 Å². The molecule has 0 radical (unpaired) electrons. The summed E-state index contributed by atoms with van der Waals surface area (Å²) in [6.45, 7) is 10.1. The molecule has 6 atom stereocenters. The van der Waals surface area contributed by atoms with Crippen LogP contribution >= 0.6 is 0 Å². The van der Waals surface area contributed by atoms with E-state index < -0.39 is 6.10 Å². The fraction of sp³-hybridized carbons (Fsp3) is 0.800. The van der Waals surface area contributed by atoms with Gasteiger partial charge in [-0.2, -0.15) is 0 Å². The third-order valence-corrected chi connectivity index (χ3v) is 5.66. The van der Waals surface area contributed by atoms with Crippen molar-refractivity contribution in [2.24, 2.45) is 17.3 Å². The minimum Gasteiger partial charge on any atom is -0.393 e. The van der Waals surface area contributed by atoms with Crippen LogP contribution in [-0.4, -0.2) is 28.7 Å². The number of epoxide rings is 1. The average Bonchev–Trinajstić information content (AvgIpc) is 2.95. The number of hydrogen-bond donors (Lipinski definition) is 1. The predicted octanol–water partition coefficient (Wildman–Crippen LogP) is 2.09. The molecule has 0 unspecified atom stereocenters. The van der Waals surface area contributed by atoms with Gasteiger partial charge < -0.3 is 9.84 Å². The molecule has 1 aliphatic heterocycles. The summed E-state index contributed by atoms with van der Waals surface area (Å²) in [6.07, 6.45) is 1.54. The van der Waals surface area contributed by atoms with Gasteiger partial charge in [0.1, 0.15) is 11.7 Å².